The van der Waals surface area contributed by atoms with Crippen LogP contribution in [0.2, 0.25) is 0 Å². The lowest BCUT2D eigenvalue weighted by Gasteiger charge is -1.96. The lowest BCUT2D eigenvalue weighted by Crippen LogP contribution is -2.19. The zero-order chi connectivity index (χ0) is 16.5. The van der Waals surface area contributed by atoms with Gasteiger partial charge in [-0.25, -0.2) is 4.98 Å². The number of H-pyrrole nitrogens is 1. The minimum atomic E-state index is -0.0596. The maximum Gasteiger partial charge on any atom is 0.266 e. The molecule has 0 amide bonds. The van der Waals surface area contributed by atoms with Crippen LogP contribution >= 0.6 is 22.7 Å². The summed E-state index contributed by atoms with van der Waals surface area (Å²) in [7, 11) is 0. The molecule has 0 aliphatic rings. The van der Waals surface area contributed by atoms with Crippen molar-refractivity contribution in [2.24, 2.45) is 0 Å². The van der Waals surface area contributed by atoms with Crippen molar-refractivity contribution in [3.63, 3.8) is 0 Å². The Morgan fingerprint density at radius 2 is 1.79 bits per heavy atom. The molecule has 2 heterocycles. The van der Waals surface area contributed by atoms with Crippen molar-refractivity contribution in [3.8, 4) is 0 Å². The fourth-order valence-electron chi connectivity index (χ4n) is 2.48. The number of aromatic amines is 1. The summed E-state index contributed by atoms with van der Waals surface area (Å²) in [6.45, 7) is 2.04. The molecule has 5 heteroatoms. The van der Waals surface area contributed by atoms with Crippen LogP contribution in [0.25, 0.3) is 22.4 Å². The highest BCUT2D eigenvalue weighted by Crippen LogP contribution is 2.21. The zero-order valence-electron chi connectivity index (χ0n) is 12.9. The molecule has 0 aliphatic carbocycles. The van der Waals surface area contributed by atoms with Crippen LogP contribution < -0.4 is 14.8 Å². The Morgan fingerprint density at radius 1 is 1.00 bits per heavy atom. The fraction of sp³-hybridized carbons (Fsp3) is 0.0526. The maximum atomic E-state index is 12.2. The van der Waals surface area contributed by atoms with E-state index in [9.17, 15) is 4.79 Å². The lowest BCUT2D eigenvalue weighted by atomic mass is 10.1. The highest BCUT2D eigenvalue weighted by molar-refractivity contribution is 7.19. The number of aryl methyl sites for hydroxylation is 1. The molecular formula is C19H14N2OS2. The predicted molar refractivity (Wildman–Crippen MR) is 102 cm³/mol. The van der Waals surface area contributed by atoms with Crippen LogP contribution in [0, 0.1) is 6.92 Å². The van der Waals surface area contributed by atoms with Crippen LogP contribution in [0.4, 0.5) is 0 Å². The number of hydrogen-bond acceptors (Lipinski definition) is 4. The second-order valence-corrected chi connectivity index (χ2v) is 7.60. The zero-order valence-corrected chi connectivity index (χ0v) is 14.6. The van der Waals surface area contributed by atoms with E-state index in [0.29, 0.717) is 4.53 Å². The van der Waals surface area contributed by atoms with Gasteiger partial charge in [0.25, 0.3) is 5.56 Å². The summed E-state index contributed by atoms with van der Waals surface area (Å²) >= 11 is 3.08. The van der Waals surface area contributed by atoms with E-state index in [1.165, 1.54) is 11.3 Å². The van der Waals surface area contributed by atoms with E-state index in [1.54, 1.807) is 11.3 Å². The van der Waals surface area contributed by atoms with Gasteiger partial charge in [-0.3, -0.25) is 4.79 Å². The van der Waals surface area contributed by atoms with E-state index in [0.717, 1.165) is 31.0 Å². The van der Waals surface area contributed by atoms with Gasteiger partial charge >= 0.3 is 0 Å². The van der Waals surface area contributed by atoms with Gasteiger partial charge < -0.3 is 4.98 Å². The Kier molecular flexibility index (Phi) is 3.88. The number of nitrogens with one attached hydrogen (secondary N) is 1. The second kappa shape index (κ2) is 6.19. The topological polar surface area (TPSA) is 45.8 Å². The van der Waals surface area contributed by atoms with Crippen molar-refractivity contribution in [2.75, 3.05) is 0 Å². The summed E-state index contributed by atoms with van der Waals surface area (Å²) in [4.78, 5) is 19.7. The van der Waals surface area contributed by atoms with Crippen LogP contribution in [0.1, 0.15) is 16.1 Å². The van der Waals surface area contributed by atoms with Gasteiger partial charge in [0.2, 0.25) is 0 Å². The summed E-state index contributed by atoms with van der Waals surface area (Å²) in [5.74, 6) is 0. The molecule has 4 aromatic rings. The molecule has 118 valence electrons. The second-order valence-electron chi connectivity index (χ2n) is 5.45. The Balaban J connectivity index is 1.81. The highest BCUT2D eigenvalue weighted by Gasteiger charge is 2.02. The molecule has 0 radical (unpaired) electrons. The van der Waals surface area contributed by atoms with Crippen LogP contribution in [0.15, 0.2) is 53.3 Å². The molecule has 0 unspecified atom stereocenters. The molecule has 0 saturated carbocycles. The van der Waals surface area contributed by atoms with Crippen LogP contribution in [0.3, 0.4) is 0 Å². The van der Waals surface area contributed by atoms with E-state index < -0.39 is 0 Å². The maximum absolute atomic E-state index is 12.2. The standard InChI is InChI=1S/C19H14N2OS2/c1-12-6-2-3-7-13(12)10-16-19(22)21-18(24-16)11-17-20-14-8-4-5-9-15(14)23-17/h2-11H,1H3,(H,21,22)/b16-10-,18-11+. The van der Waals surface area contributed by atoms with Gasteiger partial charge in [-0.2, -0.15) is 0 Å². The van der Waals surface area contributed by atoms with E-state index in [2.05, 4.69) is 16.0 Å². The van der Waals surface area contributed by atoms with Crippen molar-refractivity contribution in [2.45, 2.75) is 6.92 Å². The van der Waals surface area contributed by atoms with Crippen molar-refractivity contribution >= 4 is 45.0 Å². The summed E-state index contributed by atoms with van der Waals surface area (Å²) in [6.07, 6.45) is 3.88. The van der Waals surface area contributed by atoms with Crippen LogP contribution in [-0.2, 0) is 0 Å². The Bertz CT molecular complexity index is 1160. The first-order chi connectivity index (χ1) is 11.7. The number of hydrogen-bond donors (Lipinski definition) is 1. The summed E-state index contributed by atoms with van der Waals surface area (Å²) in [6, 6.07) is 16.1. The van der Waals surface area contributed by atoms with Gasteiger partial charge in [0.1, 0.15) is 5.01 Å². The number of rotatable bonds is 2. The van der Waals surface area contributed by atoms with Crippen molar-refractivity contribution in [3.05, 3.63) is 84.2 Å². The smallest absolute Gasteiger partial charge is 0.266 e. The Hall–Kier alpha value is -2.50. The summed E-state index contributed by atoms with van der Waals surface area (Å²) in [5, 5.41) is 0.899. The molecule has 4 rings (SSSR count). The third-order valence-corrected chi connectivity index (χ3v) is 5.67. The molecule has 0 fully saturated rings. The molecule has 0 spiro atoms. The summed E-state index contributed by atoms with van der Waals surface area (Å²) in [5.41, 5.74) is 3.15. The van der Waals surface area contributed by atoms with Gasteiger partial charge in [-0.1, -0.05) is 36.4 Å². The minimum Gasteiger partial charge on any atom is -0.313 e. The number of nitrogens with zero attached hydrogens (tertiary/aromatic N) is 1. The first-order valence-corrected chi connectivity index (χ1v) is 9.16. The molecule has 0 saturated heterocycles. The largest absolute Gasteiger partial charge is 0.313 e. The molecule has 3 nitrogen and oxygen atoms in total. The van der Waals surface area contributed by atoms with E-state index >= 15 is 0 Å². The molecular weight excluding hydrogens is 336 g/mol. The van der Waals surface area contributed by atoms with Crippen molar-refractivity contribution in [1.82, 2.24) is 9.97 Å². The third-order valence-electron chi connectivity index (χ3n) is 3.72. The summed E-state index contributed by atoms with van der Waals surface area (Å²) < 4.78 is 2.67. The van der Waals surface area contributed by atoms with Gasteiger partial charge in [0.05, 0.1) is 19.4 Å². The molecule has 1 N–H and O–H groups in total. The van der Waals surface area contributed by atoms with Crippen LogP contribution in [0.5, 0.6) is 0 Å². The number of aromatic nitrogens is 2. The molecule has 0 atom stereocenters. The predicted octanol–water partition coefficient (Wildman–Crippen LogP) is 3.01. The quantitative estimate of drug-likeness (QED) is 0.604. The number of benzene rings is 2. The lowest BCUT2D eigenvalue weighted by molar-refractivity contribution is 1.25. The van der Waals surface area contributed by atoms with Gasteiger partial charge in [0, 0.05) is 6.08 Å². The monoisotopic (exact) mass is 350 g/mol. The molecule has 2 aromatic heterocycles. The molecule has 24 heavy (non-hydrogen) atoms. The van der Waals surface area contributed by atoms with E-state index in [4.69, 9.17) is 0 Å². The molecule has 0 bridgehead atoms. The first kappa shape index (κ1) is 15.1. The molecule has 2 aromatic carbocycles. The van der Waals surface area contributed by atoms with Crippen molar-refractivity contribution < 1.29 is 0 Å². The van der Waals surface area contributed by atoms with Crippen LogP contribution in [-0.4, -0.2) is 9.97 Å². The third kappa shape index (κ3) is 2.96. The normalized spacial score (nSPS) is 13.0. The number of thiazole rings is 2. The first-order valence-electron chi connectivity index (χ1n) is 7.53. The SMILES string of the molecule is Cc1ccccc1/C=c1\s/c(=C/c2nc3ccccc3s2)[nH]c1=O. The van der Waals surface area contributed by atoms with E-state index in [1.807, 2.05) is 61.5 Å². The average molecular weight is 350 g/mol. The van der Waals surface area contributed by atoms with Gasteiger partial charge in [0.15, 0.2) is 0 Å². The average Bonchev–Trinajstić information content (AvgIpc) is 3.12. The molecule has 0 aliphatic heterocycles. The van der Waals surface area contributed by atoms with Gasteiger partial charge in [-0.05, 0) is 36.3 Å². The number of fused-ring (bicyclic) bond motifs is 1. The van der Waals surface area contributed by atoms with Crippen molar-refractivity contribution in [1.29, 1.82) is 0 Å². The van der Waals surface area contributed by atoms with E-state index in [-0.39, 0.29) is 5.56 Å². The Morgan fingerprint density at radius 3 is 2.62 bits per heavy atom. The number of para-hydroxylation sites is 1. The fourth-order valence-corrected chi connectivity index (χ4v) is 4.34. The highest BCUT2D eigenvalue weighted by atomic mass is 32.1. The minimum absolute atomic E-state index is 0.0596. The van der Waals surface area contributed by atoms with Gasteiger partial charge in [-0.15, -0.1) is 22.7 Å². The Labute approximate surface area is 146 Å².